The number of ether oxygens (including phenoxy) is 1. The fraction of sp³-hybridized carbons (Fsp3) is 0.333. The summed E-state index contributed by atoms with van der Waals surface area (Å²) in [6.07, 6.45) is 2.99. The van der Waals surface area contributed by atoms with Crippen molar-refractivity contribution < 1.29 is 23.8 Å². The maximum atomic E-state index is 12.6. The number of carboxylic acids is 1. The van der Waals surface area contributed by atoms with Crippen molar-refractivity contribution in [3.8, 4) is 5.75 Å². The quantitative estimate of drug-likeness (QED) is 0.837. The number of carbonyl (C=O) groups is 2. The molecule has 3 rings (SSSR count). The molecule has 2 heterocycles. The summed E-state index contributed by atoms with van der Waals surface area (Å²) in [4.78, 5) is 25.7. The van der Waals surface area contributed by atoms with E-state index in [1.807, 2.05) is 4.90 Å². The number of benzene rings is 1. The molecule has 2 aromatic rings. The van der Waals surface area contributed by atoms with Crippen molar-refractivity contribution in [2.45, 2.75) is 25.4 Å². The fourth-order valence-electron chi connectivity index (χ4n) is 3.08. The van der Waals surface area contributed by atoms with Crippen molar-refractivity contribution in [1.29, 1.82) is 0 Å². The average Bonchev–Trinajstić information content (AvgIpc) is 3.25. The Labute approximate surface area is 145 Å². The van der Waals surface area contributed by atoms with Crippen LogP contribution in [0.15, 0.2) is 41.0 Å². The van der Waals surface area contributed by atoms with Gasteiger partial charge in [0.05, 0.1) is 19.4 Å². The van der Waals surface area contributed by atoms with Crippen LogP contribution in [-0.2, 0) is 11.3 Å². The van der Waals surface area contributed by atoms with Gasteiger partial charge in [-0.15, -0.1) is 0 Å². The lowest BCUT2D eigenvalue weighted by Crippen LogP contribution is -2.39. The number of hydrogen-bond donors (Lipinski definition) is 2. The molecule has 1 aliphatic rings. The summed E-state index contributed by atoms with van der Waals surface area (Å²) in [6.45, 7) is 1.11. The Hall–Kier alpha value is -2.80. The lowest BCUT2D eigenvalue weighted by Gasteiger charge is -2.23. The average molecular weight is 344 g/mol. The summed E-state index contributed by atoms with van der Waals surface area (Å²) in [5, 5.41) is 12.0. The molecule has 1 fully saturated rings. The van der Waals surface area contributed by atoms with Crippen LogP contribution in [0, 0.1) is 0 Å². The molecule has 7 heteroatoms. The Bertz CT molecular complexity index is 753. The van der Waals surface area contributed by atoms with Gasteiger partial charge in [-0.3, -0.25) is 9.69 Å². The molecule has 2 N–H and O–H groups in total. The Morgan fingerprint density at radius 2 is 2.08 bits per heavy atom. The van der Waals surface area contributed by atoms with Crippen LogP contribution in [0.1, 0.15) is 29.0 Å². The number of likely N-dealkylation sites (tertiary alicyclic amines) is 1. The Morgan fingerprint density at radius 3 is 2.76 bits per heavy atom. The topological polar surface area (TPSA) is 92.0 Å². The van der Waals surface area contributed by atoms with Crippen LogP contribution in [-0.4, -0.2) is 41.6 Å². The zero-order valence-electron chi connectivity index (χ0n) is 13.9. The standard InChI is InChI=1S/C18H20N2O5/c1-24-14-6-4-13(5-7-14)19-17(21)15-3-2-9-20(15)11-12-8-10-25-16(12)18(22)23/h4-8,10,15H,2-3,9,11H2,1H3,(H,19,21)(H,22,23). The van der Waals surface area contributed by atoms with Crippen LogP contribution < -0.4 is 10.1 Å². The molecule has 0 radical (unpaired) electrons. The Morgan fingerprint density at radius 1 is 1.32 bits per heavy atom. The van der Waals surface area contributed by atoms with Gasteiger partial charge in [-0.25, -0.2) is 4.79 Å². The molecule has 7 nitrogen and oxygen atoms in total. The molecule has 1 aliphatic heterocycles. The highest BCUT2D eigenvalue weighted by Gasteiger charge is 2.32. The van der Waals surface area contributed by atoms with Gasteiger partial charge in [0.2, 0.25) is 11.7 Å². The summed E-state index contributed by atoms with van der Waals surface area (Å²) in [5.74, 6) is -0.538. The molecule has 0 aliphatic carbocycles. The van der Waals surface area contributed by atoms with Crippen molar-refractivity contribution in [2.75, 3.05) is 19.0 Å². The minimum absolute atomic E-state index is 0.0683. The molecular weight excluding hydrogens is 324 g/mol. The number of carbonyl (C=O) groups excluding carboxylic acids is 1. The van der Waals surface area contributed by atoms with E-state index in [1.54, 1.807) is 37.4 Å². The van der Waals surface area contributed by atoms with E-state index < -0.39 is 5.97 Å². The van der Waals surface area contributed by atoms with E-state index in [9.17, 15) is 9.59 Å². The Kier molecular flexibility index (Phi) is 5.04. The van der Waals surface area contributed by atoms with Gasteiger partial charge >= 0.3 is 5.97 Å². The number of hydrogen-bond acceptors (Lipinski definition) is 5. The number of furan rings is 1. The van der Waals surface area contributed by atoms with Gasteiger partial charge in [-0.2, -0.15) is 0 Å². The SMILES string of the molecule is COc1ccc(NC(=O)C2CCCN2Cc2ccoc2C(=O)O)cc1. The third kappa shape index (κ3) is 3.83. The first kappa shape index (κ1) is 17.0. The highest BCUT2D eigenvalue weighted by atomic mass is 16.5. The Balaban J connectivity index is 1.66. The largest absolute Gasteiger partial charge is 0.497 e. The molecular formula is C18H20N2O5. The van der Waals surface area contributed by atoms with Crippen LogP contribution >= 0.6 is 0 Å². The van der Waals surface area contributed by atoms with Crippen molar-refractivity contribution in [3.63, 3.8) is 0 Å². The molecule has 0 bridgehead atoms. The lowest BCUT2D eigenvalue weighted by atomic mass is 10.1. The normalized spacial score (nSPS) is 17.4. The minimum Gasteiger partial charge on any atom is -0.497 e. The van der Waals surface area contributed by atoms with E-state index >= 15 is 0 Å². The van der Waals surface area contributed by atoms with E-state index in [2.05, 4.69) is 5.32 Å². The van der Waals surface area contributed by atoms with Gasteiger partial charge in [0, 0.05) is 17.8 Å². The van der Waals surface area contributed by atoms with Gasteiger partial charge in [0.15, 0.2) is 0 Å². The maximum absolute atomic E-state index is 12.6. The van der Waals surface area contributed by atoms with Crippen molar-refractivity contribution >= 4 is 17.6 Å². The summed E-state index contributed by atoms with van der Waals surface area (Å²) < 4.78 is 10.1. The highest BCUT2D eigenvalue weighted by molar-refractivity contribution is 5.95. The molecule has 1 unspecified atom stereocenters. The van der Waals surface area contributed by atoms with Gasteiger partial charge in [0.25, 0.3) is 0 Å². The van der Waals surface area contributed by atoms with E-state index in [1.165, 1.54) is 6.26 Å². The molecule has 1 atom stereocenters. The lowest BCUT2D eigenvalue weighted by molar-refractivity contribution is -0.120. The number of carboxylic acid groups (broad SMARTS) is 1. The van der Waals surface area contributed by atoms with Gasteiger partial charge < -0.3 is 19.6 Å². The molecule has 0 spiro atoms. The molecule has 1 amide bonds. The van der Waals surface area contributed by atoms with Gasteiger partial charge in [-0.05, 0) is 49.7 Å². The number of nitrogens with one attached hydrogen (secondary N) is 1. The third-order valence-corrected chi connectivity index (χ3v) is 4.34. The van der Waals surface area contributed by atoms with Gasteiger partial charge in [0.1, 0.15) is 5.75 Å². The number of nitrogens with zero attached hydrogens (tertiary/aromatic N) is 1. The van der Waals surface area contributed by atoms with Gasteiger partial charge in [-0.1, -0.05) is 0 Å². The van der Waals surface area contributed by atoms with E-state index in [4.69, 9.17) is 14.3 Å². The molecule has 25 heavy (non-hydrogen) atoms. The number of methoxy groups -OCH3 is 1. The summed E-state index contributed by atoms with van der Waals surface area (Å²) in [6, 6.07) is 8.49. The van der Waals surface area contributed by atoms with Crippen molar-refractivity contribution in [3.05, 3.63) is 47.9 Å². The summed E-state index contributed by atoms with van der Waals surface area (Å²) in [7, 11) is 1.59. The minimum atomic E-state index is -1.10. The number of amides is 1. The smallest absolute Gasteiger partial charge is 0.372 e. The predicted molar refractivity (Wildman–Crippen MR) is 90.7 cm³/mol. The third-order valence-electron chi connectivity index (χ3n) is 4.34. The van der Waals surface area contributed by atoms with Crippen LogP contribution in [0.4, 0.5) is 5.69 Å². The molecule has 1 aromatic heterocycles. The van der Waals surface area contributed by atoms with E-state index in [-0.39, 0.29) is 17.7 Å². The van der Waals surface area contributed by atoms with Crippen LogP contribution in [0.3, 0.4) is 0 Å². The maximum Gasteiger partial charge on any atom is 0.372 e. The van der Waals surface area contributed by atoms with Crippen LogP contribution in [0.5, 0.6) is 5.75 Å². The molecule has 132 valence electrons. The molecule has 0 saturated carbocycles. The van der Waals surface area contributed by atoms with Crippen LogP contribution in [0.25, 0.3) is 0 Å². The molecule has 1 saturated heterocycles. The fourth-order valence-corrected chi connectivity index (χ4v) is 3.08. The summed E-state index contributed by atoms with van der Waals surface area (Å²) in [5.41, 5.74) is 1.28. The number of aromatic carboxylic acids is 1. The predicted octanol–water partition coefficient (Wildman–Crippen LogP) is 2.59. The second-order valence-electron chi connectivity index (χ2n) is 5.93. The second-order valence-corrected chi connectivity index (χ2v) is 5.93. The highest BCUT2D eigenvalue weighted by Crippen LogP contribution is 2.24. The van der Waals surface area contributed by atoms with Crippen molar-refractivity contribution in [2.24, 2.45) is 0 Å². The van der Waals surface area contributed by atoms with Crippen LogP contribution in [0.2, 0.25) is 0 Å². The van der Waals surface area contributed by atoms with E-state index in [0.717, 1.165) is 25.1 Å². The molecule has 1 aromatic carbocycles. The number of rotatable bonds is 6. The van der Waals surface area contributed by atoms with Crippen molar-refractivity contribution in [1.82, 2.24) is 4.90 Å². The monoisotopic (exact) mass is 344 g/mol. The second kappa shape index (κ2) is 7.40. The first-order valence-corrected chi connectivity index (χ1v) is 8.07. The first-order valence-electron chi connectivity index (χ1n) is 8.07. The summed E-state index contributed by atoms with van der Waals surface area (Å²) >= 11 is 0. The first-order chi connectivity index (χ1) is 12.1. The zero-order valence-corrected chi connectivity index (χ0v) is 13.9. The van der Waals surface area contributed by atoms with E-state index in [0.29, 0.717) is 17.8 Å². The zero-order chi connectivity index (χ0) is 17.8. The number of anilines is 1.